The molecule has 5 N–H and O–H groups in total. The minimum atomic E-state index is -3.97. The molecule has 0 bridgehead atoms. The van der Waals surface area contributed by atoms with Crippen LogP contribution in [0.4, 0.5) is 11.4 Å². The third-order valence-electron chi connectivity index (χ3n) is 2.54. The van der Waals surface area contributed by atoms with Gasteiger partial charge in [0, 0.05) is 0 Å². The molecule has 0 radical (unpaired) electrons. The lowest BCUT2D eigenvalue weighted by atomic mass is 10.2. The van der Waals surface area contributed by atoms with Crippen LogP contribution >= 0.6 is 0 Å². The first-order chi connectivity index (χ1) is 9.27. The lowest BCUT2D eigenvalue weighted by Crippen LogP contribution is -2.13. The Balaban J connectivity index is 2.22. The molecule has 0 unspecified atom stereocenters. The Labute approximate surface area is 115 Å². The molecule has 1 aromatic carbocycles. The summed E-state index contributed by atoms with van der Waals surface area (Å²) in [5.74, 6) is -0.788. The number of nitrogen functional groups attached to an aromatic ring is 1. The van der Waals surface area contributed by atoms with Gasteiger partial charge in [0.1, 0.15) is 0 Å². The number of primary sulfonamides is 1. The average molecular weight is 295 g/mol. The quantitative estimate of drug-likeness (QED) is 0.729. The maximum atomic E-state index is 11.9. The van der Waals surface area contributed by atoms with E-state index in [0.717, 1.165) is 11.6 Å². The molecule has 0 aliphatic carbocycles. The van der Waals surface area contributed by atoms with Crippen LogP contribution in [0.5, 0.6) is 0 Å². The molecule has 2 rings (SSSR count). The highest BCUT2D eigenvalue weighted by Crippen LogP contribution is 2.21. The smallest absolute Gasteiger partial charge is 0.291 e. The Morgan fingerprint density at radius 2 is 1.95 bits per heavy atom. The van der Waals surface area contributed by atoms with Crippen molar-refractivity contribution < 1.29 is 17.6 Å². The van der Waals surface area contributed by atoms with Crippen LogP contribution in [0.1, 0.15) is 16.1 Å². The van der Waals surface area contributed by atoms with Crippen LogP contribution in [0.25, 0.3) is 0 Å². The standard InChI is InChI=1S/C12H13N3O4S/c1-7-2-3-9(8(13)6-7)15-12(16)10-4-5-11(19-10)20(14,17)18/h2-6H,13H2,1H3,(H,15,16)(H2,14,17,18). The molecule has 0 aliphatic heterocycles. The SMILES string of the molecule is Cc1ccc(NC(=O)c2ccc(S(N)(=O)=O)o2)c(N)c1. The first kappa shape index (κ1) is 14.1. The number of nitrogens with two attached hydrogens (primary N) is 2. The molecule has 0 aliphatic rings. The number of hydrogen-bond acceptors (Lipinski definition) is 5. The molecular formula is C12H13N3O4S. The second-order valence-corrected chi connectivity index (χ2v) is 5.70. The Kier molecular flexibility index (Phi) is 3.51. The molecule has 0 fully saturated rings. The molecule has 7 nitrogen and oxygen atoms in total. The number of benzene rings is 1. The molecule has 8 heteroatoms. The highest BCUT2D eigenvalue weighted by Gasteiger charge is 2.18. The predicted octanol–water partition coefficient (Wildman–Crippen LogP) is 1.07. The van der Waals surface area contributed by atoms with E-state index in [0.29, 0.717) is 11.4 Å². The van der Waals surface area contributed by atoms with Gasteiger partial charge in [0.25, 0.3) is 15.9 Å². The van der Waals surface area contributed by atoms with Gasteiger partial charge in [-0.2, -0.15) is 0 Å². The summed E-state index contributed by atoms with van der Waals surface area (Å²) in [5.41, 5.74) is 7.53. The summed E-state index contributed by atoms with van der Waals surface area (Å²) >= 11 is 0. The van der Waals surface area contributed by atoms with Gasteiger partial charge in [0.15, 0.2) is 5.76 Å². The molecule has 1 heterocycles. The van der Waals surface area contributed by atoms with E-state index in [2.05, 4.69) is 5.32 Å². The van der Waals surface area contributed by atoms with Gasteiger partial charge in [-0.3, -0.25) is 4.79 Å². The minimum absolute atomic E-state index is 0.172. The molecule has 20 heavy (non-hydrogen) atoms. The number of aryl methyl sites for hydroxylation is 1. The fourth-order valence-corrected chi connectivity index (χ4v) is 2.04. The van der Waals surface area contributed by atoms with Crippen molar-refractivity contribution in [2.45, 2.75) is 12.0 Å². The van der Waals surface area contributed by atoms with Crippen LogP contribution in [0.3, 0.4) is 0 Å². The number of rotatable bonds is 3. The van der Waals surface area contributed by atoms with E-state index in [1.807, 2.05) is 6.92 Å². The fraction of sp³-hybridized carbons (Fsp3) is 0.0833. The third kappa shape index (κ3) is 2.98. The maximum absolute atomic E-state index is 11.9. The number of hydrogen-bond donors (Lipinski definition) is 3. The van der Waals surface area contributed by atoms with Crippen molar-refractivity contribution in [3.8, 4) is 0 Å². The predicted molar refractivity (Wildman–Crippen MR) is 73.6 cm³/mol. The summed E-state index contributed by atoms with van der Waals surface area (Å²) in [6, 6.07) is 7.46. The lowest BCUT2D eigenvalue weighted by molar-refractivity contribution is 0.0991. The van der Waals surface area contributed by atoms with E-state index in [9.17, 15) is 13.2 Å². The molecule has 1 aromatic heterocycles. The number of carbonyl (C=O) groups is 1. The molecular weight excluding hydrogens is 282 g/mol. The fourth-order valence-electron chi connectivity index (χ4n) is 1.57. The highest BCUT2D eigenvalue weighted by atomic mass is 32.2. The van der Waals surface area contributed by atoms with Gasteiger partial charge in [-0.1, -0.05) is 6.07 Å². The summed E-state index contributed by atoms with van der Waals surface area (Å²) < 4.78 is 27.0. The Morgan fingerprint density at radius 3 is 2.50 bits per heavy atom. The van der Waals surface area contributed by atoms with Gasteiger partial charge in [-0.15, -0.1) is 0 Å². The first-order valence-corrected chi connectivity index (χ1v) is 7.12. The summed E-state index contributed by atoms with van der Waals surface area (Å²) in [6.07, 6.45) is 0. The number of anilines is 2. The first-order valence-electron chi connectivity index (χ1n) is 5.57. The van der Waals surface area contributed by atoms with Crippen molar-refractivity contribution in [3.05, 3.63) is 41.7 Å². The van der Waals surface area contributed by atoms with E-state index in [-0.39, 0.29) is 5.76 Å². The monoisotopic (exact) mass is 295 g/mol. The highest BCUT2D eigenvalue weighted by molar-refractivity contribution is 7.89. The van der Waals surface area contributed by atoms with Crippen LogP contribution in [-0.2, 0) is 10.0 Å². The van der Waals surface area contributed by atoms with E-state index < -0.39 is 21.0 Å². The van der Waals surface area contributed by atoms with E-state index in [1.165, 1.54) is 6.07 Å². The molecule has 0 spiro atoms. The van der Waals surface area contributed by atoms with Gasteiger partial charge in [-0.25, -0.2) is 13.6 Å². The number of nitrogens with one attached hydrogen (secondary N) is 1. The van der Waals surface area contributed by atoms with Crippen LogP contribution in [0.15, 0.2) is 39.8 Å². The summed E-state index contributed by atoms with van der Waals surface area (Å²) in [6.45, 7) is 1.87. The van der Waals surface area contributed by atoms with Gasteiger partial charge in [0.05, 0.1) is 11.4 Å². The largest absolute Gasteiger partial charge is 0.438 e. The second-order valence-electron chi connectivity index (χ2n) is 4.21. The topological polar surface area (TPSA) is 128 Å². The lowest BCUT2D eigenvalue weighted by Gasteiger charge is -2.07. The van der Waals surface area contributed by atoms with Crippen LogP contribution in [0.2, 0.25) is 0 Å². The van der Waals surface area contributed by atoms with Crippen molar-refractivity contribution in [1.29, 1.82) is 0 Å². The van der Waals surface area contributed by atoms with Crippen molar-refractivity contribution in [2.75, 3.05) is 11.1 Å². The van der Waals surface area contributed by atoms with Crippen LogP contribution in [0, 0.1) is 6.92 Å². The van der Waals surface area contributed by atoms with Crippen molar-refractivity contribution >= 4 is 27.3 Å². The minimum Gasteiger partial charge on any atom is -0.438 e. The van der Waals surface area contributed by atoms with Gasteiger partial charge < -0.3 is 15.5 Å². The average Bonchev–Trinajstić information content (AvgIpc) is 2.82. The zero-order valence-corrected chi connectivity index (χ0v) is 11.4. The zero-order valence-electron chi connectivity index (χ0n) is 10.6. The number of sulfonamides is 1. The van der Waals surface area contributed by atoms with Crippen molar-refractivity contribution in [1.82, 2.24) is 0 Å². The van der Waals surface area contributed by atoms with E-state index in [1.54, 1.807) is 18.2 Å². The number of carbonyl (C=O) groups excluding carboxylic acids is 1. The van der Waals surface area contributed by atoms with Crippen LogP contribution < -0.4 is 16.2 Å². The van der Waals surface area contributed by atoms with E-state index >= 15 is 0 Å². The molecule has 1 amide bonds. The Morgan fingerprint density at radius 1 is 1.25 bits per heavy atom. The van der Waals surface area contributed by atoms with Gasteiger partial charge in [-0.05, 0) is 36.8 Å². The van der Waals surface area contributed by atoms with Gasteiger partial charge >= 0.3 is 0 Å². The van der Waals surface area contributed by atoms with Gasteiger partial charge in [0.2, 0.25) is 5.09 Å². The summed E-state index contributed by atoms with van der Waals surface area (Å²) in [4.78, 5) is 11.9. The summed E-state index contributed by atoms with van der Waals surface area (Å²) in [7, 11) is -3.97. The number of amides is 1. The Hall–Kier alpha value is -2.32. The Bertz CT molecular complexity index is 765. The van der Waals surface area contributed by atoms with Crippen molar-refractivity contribution in [3.63, 3.8) is 0 Å². The second kappa shape index (κ2) is 4.99. The normalized spacial score (nSPS) is 11.3. The molecule has 106 valence electrons. The zero-order chi connectivity index (χ0) is 14.9. The third-order valence-corrected chi connectivity index (χ3v) is 3.32. The molecule has 0 saturated carbocycles. The summed E-state index contributed by atoms with van der Waals surface area (Å²) in [5, 5.41) is 6.94. The maximum Gasteiger partial charge on any atom is 0.291 e. The molecule has 0 saturated heterocycles. The van der Waals surface area contributed by atoms with Crippen LogP contribution in [-0.4, -0.2) is 14.3 Å². The van der Waals surface area contributed by atoms with Crippen molar-refractivity contribution in [2.24, 2.45) is 5.14 Å². The number of furan rings is 1. The van der Waals surface area contributed by atoms with E-state index in [4.69, 9.17) is 15.3 Å². The molecule has 0 atom stereocenters. The molecule has 2 aromatic rings.